The number of nitrogens with one attached hydrogen (secondary N) is 1. The minimum atomic E-state index is -0.341. The lowest BCUT2D eigenvalue weighted by Crippen LogP contribution is -2.19. The van der Waals surface area contributed by atoms with Gasteiger partial charge in [-0.05, 0) is 24.1 Å². The van der Waals surface area contributed by atoms with E-state index in [1.54, 1.807) is 16.9 Å². The van der Waals surface area contributed by atoms with Gasteiger partial charge >= 0.3 is 5.69 Å². The Hall–Kier alpha value is -4.66. The summed E-state index contributed by atoms with van der Waals surface area (Å²) >= 11 is 0. The van der Waals surface area contributed by atoms with E-state index < -0.39 is 0 Å². The number of benzene rings is 2. The lowest BCUT2D eigenvalue weighted by Gasteiger charge is -2.14. The highest BCUT2D eigenvalue weighted by Gasteiger charge is 2.17. The predicted molar refractivity (Wildman–Crippen MR) is 135 cm³/mol. The van der Waals surface area contributed by atoms with Crippen molar-refractivity contribution in [3.05, 3.63) is 112 Å². The van der Waals surface area contributed by atoms with Gasteiger partial charge < -0.3 is 9.47 Å². The number of H-pyrrole nitrogens is 1. The number of aromatic amines is 1. The highest BCUT2D eigenvalue weighted by Crippen LogP contribution is 2.31. The van der Waals surface area contributed by atoms with Crippen molar-refractivity contribution in [2.75, 3.05) is 0 Å². The predicted octanol–water partition coefficient (Wildman–Crippen LogP) is 3.88. The lowest BCUT2D eigenvalue weighted by atomic mass is 10.2. The quantitative estimate of drug-likeness (QED) is 0.342. The Morgan fingerprint density at radius 3 is 2.14 bits per heavy atom. The van der Waals surface area contributed by atoms with Gasteiger partial charge in [0.05, 0.1) is 18.4 Å². The average Bonchev–Trinajstić information content (AvgIpc) is 3.43. The number of nitrogens with zero attached hydrogens (tertiary/aromatic N) is 5. The maximum atomic E-state index is 12.6. The van der Waals surface area contributed by atoms with Gasteiger partial charge in [0.2, 0.25) is 0 Å². The summed E-state index contributed by atoms with van der Waals surface area (Å²) in [4.78, 5) is 17.1. The number of ether oxygens (including phenoxy) is 2. The van der Waals surface area contributed by atoms with Gasteiger partial charge in [-0.15, -0.1) is 0 Å². The standard InChI is InChI=1S/C27H26N6O3/c1-19-13-22(31-32(19)2)16-33-26(29-30-27(33)34)23-14-24(35-17-20-9-5-3-6-10-20)25(15-28-23)36-18-21-11-7-4-8-12-21/h3-15H,16-18H2,1-2H3,(H,30,34). The van der Waals surface area contributed by atoms with E-state index in [0.29, 0.717) is 36.2 Å². The van der Waals surface area contributed by atoms with E-state index in [1.807, 2.05) is 80.7 Å². The monoisotopic (exact) mass is 482 g/mol. The van der Waals surface area contributed by atoms with Gasteiger partial charge in [0.15, 0.2) is 17.3 Å². The molecule has 0 radical (unpaired) electrons. The summed E-state index contributed by atoms with van der Waals surface area (Å²) in [5.74, 6) is 1.40. The normalized spacial score (nSPS) is 10.9. The second kappa shape index (κ2) is 10.3. The van der Waals surface area contributed by atoms with Crippen LogP contribution in [0.2, 0.25) is 0 Å². The smallest absolute Gasteiger partial charge is 0.343 e. The van der Waals surface area contributed by atoms with Crippen LogP contribution in [0.3, 0.4) is 0 Å². The molecule has 0 aliphatic heterocycles. The Balaban J connectivity index is 1.45. The van der Waals surface area contributed by atoms with Crippen LogP contribution in [0.5, 0.6) is 11.5 Å². The molecule has 0 amide bonds. The van der Waals surface area contributed by atoms with E-state index in [2.05, 4.69) is 20.3 Å². The molecule has 5 aromatic rings. The molecule has 182 valence electrons. The second-order valence-electron chi connectivity index (χ2n) is 8.40. The van der Waals surface area contributed by atoms with Crippen LogP contribution in [0.4, 0.5) is 0 Å². The number of aromatic nitrogens is 6. The van der Waals surface area contributed by atoms with Crippen LogP contribution in [0, 0.1) is 6.92 Å². The zero-order valence-corrected chi connectivity index (χ0v) is 20.1. The average molecular weight is 483 g/mol. The Labute approximate surface area is 208 Å². The third-order valence-electron chi connectivity index (χ3n) is 5.78. The maximum absolute atomic E-state index is 12.6. The summed E-state index contributed by atoms with van der Waals surface area (Å²) in [5, 5.41) is 11.2. The van der Waals surface area contributed by atoms with Crippen molar-refractivity contribution in [2.45, 2.75) is 26.7 Å². The molecule has 1 N–H and O–H groups in total. The summed E-state index contributed by atoms with van der Waals surface area (Å²) in [6, 6.07) is 23.4. The molecule has 9 heteroatoms. The fourth-order valence-electron chi connectivity index (χ4n) is 3.77. The summed E-state index contributed by atoms with van der Waals surface area (Å²) < 4.78 is 15.5. The van der Waals surface area contributed by atoms with E-state index in [-0.39, 0.29) is 12.2 Å². The Morgan fingerprint density at radius 1 is 0.889 bits per heavy atom. The number of pyridine rings is 1. The van der Waals surface area contributed by atoms with Crippen LogP contribution in [-0.2, 0) is 26.8 Å². The van der Waals surface area contributed by atoms with Crippen molar-refractivity contribution in [1.82, 2.24) is 29.5 Å². The topological polar surface area (TPSA) is 99.8 Å². The van der Waals surface area contributed by atoms with Gasteiger partial charge in [-0.25, -0.2) is 14.9 Å². The molecular formula is C27H26N6O3. The van der Waals surface area contributed by atoms with Crippen molar-refractivity contribution in [2.24, 2.45) is 7.05 Å². The minimum Gasteiger partial charge on any atom is -0.485 e. The minimum absolute atomic E-state index is 0.264. The molecule has 0 saturated heterocycles. The molecule has 2 aromatic carbocycles. The van der Waals surface area contributed by atoms with Crippen LogP contribution >= 0.6 is 0 Å². The van der Waals surface area contributed by atoms with Crippen molar-refractivity contribution in [3.8, 4) is 23.0 Å². The fraction of sp³-hybridized carbons (Fsp3) is 0.185. The summed E-state index contributed by atoms with van der Waals surface area (Å²) in [6.07, 6.45) is 1.60. The van der Waals surface area contributed by atoms with Crippen LogP contribution in [0.1, 0.15) is 22.5 Å². The second-order valence-corrected chi connectivity index (χ2v) is 8.40. The van der Waals surface area contributed by atoms with Crippen LogP contribution in [0.15, 0.2) is 83.8 Å². The fourth-order valence-corrected chi connectivity index (χ4v) is 3.77. The Morgan fingerprint density at radius 2 is 1.53 bits per heavy atom. The Kier molecular flexibility index (Phi) is 6.61. The lowest BCUT2D eigenvalue weighted by molar-refractivity contribution is 0.255. The molecule has 0 aliphatic rings. The van der Waals surface area contributed by atoms with Crippen molar-refractivity contribution in [1.29, 1.82) is 0 Å². The summed E-state index contributed by atoms with van der Waals surface area (Å²) in [6.45, 7) is 2.95. The highest BCUT2D eigenvalue weighted by molar-refractivity contribution is 5.55. The zero-order valence-electron chi connectivity index (χ0n) is 20.1. The van der Waals surface area contributed by atoms with Gasteiger partial charge in [0.25, 0.3) is 0 Å². The first-order valence-corrected chi connectivity index (χ1v) is 11.6. The van der Waals surface area contributed by atoms with Crippen molar-refractivity contribution in [3.63, 3.8) is 0 Å². The molecule has 0 aliphatic carbocycles. The van der Waals surface area contributed by atoms with Gasteiger partial charge in [0.1, 0.15) is 18.9 Å². The van der Waals surface area contributed by atoms with Crippen LogP contribution in [-0.4, -0.2) is 29.5 Å². The van der Waals surface area contributed by atoms with Gasteiger partial charge in [-0.2, -0.15) is 10.2 Å². The van der Waals surface area contributed by atoms with E-state index in [9.17, 15) is 4.79 Å². The Bertz CT molecular complexity index is 1490. The zero-order chi connectivity index (χ0) is 24.9. The first kappa shape index (κ1) is 23.1. The third kappa shape index (κ3) is 5.20. The van der Waals surface area contributed by atoms with Gasteiger partial charge in [0, 0.05) is 18.8 Å². The van der Waals surface area contributed by atoms with Crippen LogP contribution < -0.4 is 15.2 Å². The third-order valence-corrected chi connectivity index (χ3v) is 5.78. The largest absolute Gasteiger partial charge is 0.485 e. The molecular weight excluding hydrogens is 456 g/mol. The summed E-state index contributed by atoms with van der Waals surface area (Å²) in [5.41, 5.74) is 3.94. The van der Waals surface area contributed by atoms with Crippen LogP contribution in [0.25, 0.3) is 11.5 Å². The number of hydrogen-bond donors (Lipinski definition) is 1. The van der Waals surface area contributed by atoms with Crippen molar-refractivity contribution < 1.29 is 9.47 Å². The van der Waals surface area contributed by atoms with E-state index in [1.165, 1.54) is 4.57 Å². The first-order chi connectivity index (χ1) is 17.6. The molecule has 0 spiro atoms. The molecule has 9 nitrogen and oxygen atoms in total. The van der Waals surface area contributed by atoms with Gasteiger partial charge in [-0.1, -0.05) is 60.7 Å². The maximum Gasteiger partial charge on any atom is 0.343 e. The number of aryl methyl sites for hydroxylation is 2. The summed E-state index contributed by atoms with van der Waals surface area (Å²) in [7, 11) is 1.87. The molecule has 0 saturated carbocycles. The SMILES string of the molecule is Cc1cc(Cn2c(-c3cc(OCc4ccccc4)c(OCc4ccccc4)cn3)n[nH]c2=O)nn1C. The molecule has 0 bridgehead atoms. The molecule has 0 unspecified atom stereocenters. The van der Waals surface area contributed by atoms with E-state index in [4.69, 9.17) is 9.47 Å². The highest BCUT2D eigenvalue weighted by atomic mass is 16.5. The van der Waals surface area contributed by atoms with E-state index in [0.717, 1.165) is 22.5 Å². The first-order valence-electron chi connectivity index (χ1n) is 11.6. The molecule has 0 atom stereocenters. The number of rotatable bonds is 9. The van der Waals surface area contributed by atoms with Gasteiger partial charge in [-0.3, -0.25) is 9.25 Å². The molecule has 3 aromatic heterocycles. The molecule has 3 heterocycles. The number of hydrogen-bond acceptors (Lipinski definition) is 6. The van der Waals surface area contributed by atoms with Crippen molar-refractivity contribution >= 4 is 0 Å². The molecule has 36 heavy (non-hydrogen) atoms. The van der Waals surface area contributed by atoms with E-state index >= 15 is 0 Å². The molecule has 0 fully saturated rings. The molecule has 5 rings (SSSR count).